The van der Waals surface area contributed by atoms with Gasteiger partial charge < -0.3 is 28.6 Å². The number of ether oxygens (including phenoxy) is 2. The minimum atomic E-state index is -0.535. The topological polar surface area (TPSA) is 77.5 Å². The number of amides is 2. The summed E-state index contributed by atoms with van der Waals surface area (Å²) in [6.45, 7) is 15.5. The van der Waals surface area contributed by atoms with E-state index < -0.39 is 23.9 Å². The highest BCUT2D eigenvalue weighted by molar-refractivity contribution is 6.62. The molecule has 0 N–H and O–H groups in total. The molecule has 0 bridgehead atoms. The lowest BCUT2D eigenvalue weighted by molar-refractivity contribution is -0.132. The predicted molar refractivity (Wildman–Crippen MR) is 127 cm³/mol. The van der Waals surface area contributed by atoms with Gasteiger partial charge in [-0.3, -0.25) is 4.79 Å². The van der Waals surface area contributed by atoms with Gasteiger partial charge in [-0.05, 0) is 60.0 Å². The smallest absolute Gasteiger partial charge is 0.494 e. The van der Waals surface area contributed by atoms with Crippen molar-refractivity contribution in [3.8, 4) is 5.75 Å². The fourth-order valence-corrected chi connectivity index (χ4v) is 3.77. The molecule has 8 nitrogen and oxygen atoms in total. The van der Waals surface area contributed by atoms with Crippen molar-refractivity contribution in [1.29, 1.82) is 0 Å². The molecule has 2 aliphatic rings. The Morgan fingerprint density at radius 3 is 2.06 bits per heavy atom. The number of methoxy groups -OCH3 is 1. The Hall–Kier alpha value is -2.26. The molecule has 2 amide bonds. The summed E-state index contributed by atoms with van der Waals surface area (Å²) in [6.07, 6.45) is -0.117. The first kappa shape index (κ1) is 25.4. The molecule has 0 aliphatic carbocycles. The molecule has 1 aromatic carbocycles. The van der Waals surface area contributed by atoms with Crippen LogP contribution in [0.4, 0.5) is 4.79 Å². The number of carbonyl (C=O) groups excluding carboxylic acids is 2. The highest BCUT2D eigenvalue weighted by atomic mass is 16.7. The van der Waals surface area contributed by atoms with Crippen LogP contribution >= 0.6 is 0 Å². The van der Waals surface area contributed by atoms with Crippen LogP contribution in [0.2, 0.25) is 0 Å². The van der Waals surface area contributed by atoms with Crippen molar-refractivity contribution in [2.75, 3.05) is 33.3 Å². The van der Waals surface area contributed by atoms with Gasteiger partial charge in [-0.2, -0.15) is 0 Å². The van der Waals surface area contributed by atoms with Crippen LogP contribution in [0.25, 0.3) is 0 Å². The van der Waals surface area contributed by atoms with E-state index in [1.54, 1.807) is 16.9 Å². The summed E-state index contributed by atoms with van der Waals surface area (Å²) in [5, 5.41) is 0. The number of rotatable bonds is 4. The summed E-state index contributed by atoms with van der Waals surface area (Å²) >= 11 is 0. The number of carbonyl (C=O) groups is 2. The van der Waals surface area contributed by atoms with Crippen LogP contribution in [0, 0.1) is 0 Å². The van der Waals surface area contributed by atoms with E-state index in [1.165, 1.54) is 0 Å². The first-order valence-electron chi connectivity index (χ1n) is 11.5. The molecule has 0 unspecified atom stereocenters. The Balaban J connectivity index is 1.61. The largest absolute Gasteiger partial charge is 0.496 e. The molecule has 2 aliphatic heterocycles. The SMILES string of the molecule is COc1cc(B2OC(C)(C)C(C)(C)O2)ccc1CC(=O)N1CCN(C(=O)OC(C)(C)C)CC1. The second kappa shape index (κ2) is 9.18. The predicted octanol–water partition coefficient (Wildman–Crippen LogP) is 2.62. The average Bonchev–Trinajstić information content (AvgIpc) is 2.94. The van der Waals surface area contributed by atoms with Gasteiger partial charge in [0.15, 0.2) is 0 Å². The van der Waals surface area contributed by atoms with Crippen LogP contribution < -0.4 is 10.2 Å². The van der Waals surface area contributed by atoms with Crippen LogP contribution in [0.5, 0.6) is 5.75 Å². The first-order chi connectivity index (χ1) is 15.2. The third-order valence-electron chi connectivity index (χ3n) is 6.46. The van der Waals surface area contributed by atoms with E-state index in [0.717, 1.165) is 11.0 Å². The molecule has 0 atom stereocenters. The van der Waals surface area contributed by atoms with Crippen LogP contribution in [0.15, 0.2) is 18.2 Å². The summed E-state index contributed by atoms with van der Waals surface area (Å²) in [6, 6.07) is 5.70. The molecule has 0 aromatic heterocycles. The molecule has 2 fully saturated rings. The maximum Gasteiger partial charge on any atom is 0.494 e. The standard InChI is InChI=1S/C24H37BN2O6/c1-22(2,3)31-21(29)27-13-11-26(12-14-27)20(28)15-17-9-10-18(16-19(17)30-8)25-32-23(4,5)24(6,7)33-25/h9-10,16H,11-15H2,1-8H3. The number of benzene rings is 1. The van der Waals surface area contributed by atoms with Gasteiger partial charge in [0.2, 0.25) is 5.91 Å². The zero-order chi connectivity index (χ0) is 24.6. The maximum absolute atomic E-state index is 12.9. The molecule has 2 heterocycles. The molecular weight excluding hydrogens is 423 g/mol. The van der Waals surface area contributed by atoms with E-state index in [0.29, 0.717) is 31.9 Å². The third kappa shape index (κ3) is 5.82. The van der Waals surface area contributed by atoms with Gasteiger partial charge in [0, 0.05) is 31.7 Å². The van der Waals surface area contributed by atoms with E-state index in [9.17, 15) is 9.59 Å². The van der Waals surface area contributed by atoms with E-state index in [2.05, 4.69) is 0 Å². The van der Waals surface area contributed by atoms with Gasteiger partial charge in [0.05, 0.1) is 24.7 Å². The zero-order valence-electron chi connectivity index (χ0n) is 21.2. The summed E-state index contributed by atoms with van der Waals surface area (Å²) in [7, 11) is 1.10. The molecule has 2 saturated heterocycles. The van der Waals surface area contributed by atoms with Crippen LogP contribution in [-0.4, -0.2) is 79.0 Å². The van der Waals surface area contributed by atoms with E-state index in [1.807, 2.05) is 66.7 Å². The molecule has 9 heteroatoms. The van der Waals surface area contributed by atoms with Gasteiger partial charge in [-0.15, -0.1) is 0 Å². The molecular formula is C24H37BN2O6. The number of nitrogens with zero attached hydrogens (tertiary/aromatic N) is 2. The first-order valence-corrected chi connectivity index (χ1v) is 11.5. The lowest BCUT2D eigenvalue weighted by Gasteiger charge is -2.35. The van der Waals surface area contributed by atoms with E-state index in [4.69, 9.17) is 18.8 Å². The quantitative estimate of drug-likeness (QED) is 0.643. The summed E-state index contributed by atoms with van der Waals surface area (Å²) in [5.41, 5.74) is 0.263. The van der Waals surface area contributed by atoms with Gasteiger partial charge in [0.25, 0.3) is 0 Å². The minimum absolute atomic E-state index is 0.000483. The lowest BCUT2D eigenvalue weighted by Crippen LogP contribution is -2.52. The normalized spacial score (nSPS) is 20.1. The molecule has 0 saturated carbocycles. The minimum Gasteiger partial charge on any atom is -0.496 e. The summed E-state index contributed by atoms with van der Waals surface area (Å²) in [5.74, 6) is 0.628. The van der Waals surface area contributed by atoms with Crippen molar-refractivity contribution in [2.24, 2.45) is 0 Å². The van der Waals surface area contributed by atoms with Crippen LogP contribution in [0.1, 0.15) is 54.0 Å². The van der Waals surface area contributed by atoms with Crippen molar-refractivity contribution in [3.05, 3.63) is 23.8 Å². The Bertz CT molecular complexity index is 871. The van der Waals surface area contributed by atoms with Crippen molar-refractivity contribution in [2.45, 2.75) is 71.7 Å². The third-order valence-corrected chi connectivity index (χ3v) is 6.46. The molecule has 1 aromatic rings. The van der Waals surface area contributed by atoms with Crippen LogP contribution in [-0.2, 0) is 25.3 Å². The van der Waals surface area contributed by atoms with Crippen LogP contribution in [0.3, 0.4) is 0 Å². The highest BCUT2D eigenvalue weighted by Gasteiger charge is 2.51. The van der Waals surface area contributed by atoms with Crippen molar-refractivity contribution < 1.29 is 28.4 Å². The molecule has 0 radical (unpaired) electrons. The fourth-order valence-electron chi connectivity index (χ4n) is 3.77. The Labute approximate surface area is 197 Å². The van der Waals surface area contributed by atoms with Gasteiger partial charge in [-0.1, -0.05) is 12.1 Å². The maximum atomic E-state index is 12.9. The Morgan fingerprint density at radius 1 is 1.00 bits per heavy atom. The molecule has 0 spiro atoms. The number of piperazine rings is 1. The summed E-state index contributed by atoms with van der Waals surface area (Å²) < 4.78 is 23.3. The van der Waals surface area contributed by atoms with E-state index >= 15 is 0 Å². The molecule has 3 rings (SSSR count). The highest BCUT2D eigenvalue weighted by Crippen LogP contribution is 2.36. The van der Waals surface area contributed by atoms with Crippen molar-refractivity contribution in [3.63, 3.8) is 0 Å². The van der Waals surface area contributed by atoms with Crippen molar-refractivity contribution >= 4 is 24.6 Å². The second-order valence-electron chi connectivity index (χ2n) is 10.7. The fraction of sp³-hybridized carbons (Fsp3) is 0.667. The second-order valence-corrected chi connectivity index (χ2v) is 10.7. The van der Waals surface area contributed by atoms with Gasteiger partial charge in [-0.25, -0.2) is 4.79 Å². The summed E-state index contributed by atoms with van der Waals surface area (Å²) in [4.78, 5) is 28.6. The zero-order valence-corrected chi connectivity index (χ0v) is 21.2. The monoisotopic (exact) mass is 460 g/mol. The van der Waals surface area contributed by atoms with E-state index in [-0.39, 0.29) is 18.4 Å². The van der Waals surface area contributed by atoms with Gasteiger partial charge >= 0.3 is 13.2 Å². The molecule has 182 valence electrons. The van der Waals surface area contributed by atoms with Crippen molar-refractivity contribution in [1.82, 2.24) is 9.80 Å². The Morgan fingerprint density at radius 2 is 1.55 bits per heavy atom. The number of hydrogen-bond acceptors (Lipinski definition) is 6. The Kier molecular flexibility index (Phi) is 7.06. The lowest BCUT2D eigenvalue weighted by atomic mass is 9.78. The average molecular weight is 460 g/mol. The van der Waals surface area contributed by atoms with Gasteiger partial charge in [0.1, 0.15) is 11.4 Å². The molecule has 33 heavy (non-hydrogen) atoms. The number of hydrogen-bond donors (Lipinski definition) is 0.